The summed E-state index contributed by atoms with van der Waals surface area (Å²) in [7, 11) is 0. The van der Waals surface area contributed by atoms with Gasteiger partial charge in [0.2, 0.25) is 11.8 Å². The average molecular weight is 438 g/mol. The van der Waals surface area contributed by atoms with E-state index in [1.165, 1.54) is 0 Å². The van der Waals surface area contributed by atoms with E-state index in [9.17, 15) is 14.4 Å². The SMILES string of the molecule is CCCNC(=O)[C@@H]1CC(=O)N(c2ccc(OCC(=O)Nc3c(C)cc(C)cc3C)cc2)C1. The summed E-state index contributed by atoms with van der Waals surface area (Å²) in [4.78, 5) is 38.5. The smallest absolute Gasteiger partial charge is 0.262 e. The van der Waals surface area contributed by atoms with Crippen LogP contribution >= 0.6 is 0 Å². The molecule has 170 valence electrons. The van der Waals surface area contributed by atoms with E-state index in [1.807, 2.05) is 39.8 Å². The molecule has 1 saturated heterocycles. The number of aryl methyl sites for hydroxylation is 3. The first-order valence-corrected chi connectivity index (χ1v) is 11.0. The van der Waals surface area contributed by atoms with Crippen molar-refractivity contribution in [3.8, 4) is 5.75 Å². The van der Waals surface area contributed by atoms with E-state index < -0.39 is 0 Å². The fraction of sp³-hybridized carbons (Fsp3) is 0.400. The summed E-state index contributed by atoms with van der Waals surface area (Å²) in [6.45, 7) is 8.81. The summed E-state index contributed by atoms with van der Waals surface area (Å²) in [6.07, 6.45) is 1.08. The Morgan fingerprint density at radius 3 is 2.38 bits per heavy atom. The molecule has 0 radical (unpaired) electrons. The van der Waals surface area contributed by atoms with Gasteiger partial charge in [-0.25, -0.2) is 0 Å². The summed E-state index contributed by atoms with van der Waals surface area (Å²) in [6, 6.07) is 11.0. The predicted octanol–water partition coefficient (Wildman–Crippen LogP) is 3.51. The standard InChI is InChI=1S/C25H31N3O4/c1-5-10-26-25(31)19-13-23(30)28(14-19)20-6-8-21(9-7-20)32-15-22(29)27-24-17(3)11-16(2)12-18(24)4/h6-9,11-12,19H,5,10,13-15H2,1-4H3,(H,26,31)(H,27,29)/t19-/m1/s1. The fourth-order valence-electron chi connectivity index (χ4n) is 3.95. The van der Waals surface area contributed by atoms with Gasteiger partial charge in [0.15, 0.2) is 6.61 Å². The van der Waals surface area contributed by atoms with Gasteiger partial charge in [-0.1, -0.05) is 24.6 Å². The number of hydrogen-bond donors (Lipinski definition) is 2. The molecule has 7 nitrogen and oxygen atoms in total. The number of carbonyl (C=O) groups is 3. The molecule has 0 unspecified atom stereocenters. The van der Waals surface area contributed by atoms with Crippen LogP contribution in [0.5, 0.6) is 5.75 Å². The summed E-state index contributed by atoms with van der Waals surface area (Å²) >= 11 is 0. The third-order valence-electron chi connectivity index (χ3n) is 5.50. The minimum absolute atomic E-state index is 0.0708. The molecule has 32 heavy (non-hydrogen) atoms. The van der Waals surface area contributed by atoms with Gasteiger partial charge in [-0.15, -0.1) is 0 Å². The van der Waals surface area contributed by atoms with Gasteiger partial charge in [-0.2, -0.15) is 0 Å². The van der Waals surface area contributed by atoms with Crippen molar-refractivity contribution < 1.29 is 19.1 Å². The normalized spacial score (nSPS) is 15.6. The molecule has 2 N–H and O–H groups in total. The molecule has 3 amide bonds. The molecule has 1 aliphatic rings. The maximum atomic E-state index is 12.4. The highest BCUT2D eigenvalue weighted by molar-refractivity contribution is 6.00. The number of carbonyl (C=O) groups excluding carboxylic acids is 3. The van der Waals surface area contributed by atoms with E-state index in [4.69, 9.17) is 4.74 Å². The quantitative estimate of drug-likeness (QED) is 0.662. The highest BCUT2D eigenvalue weighted by Crippen LogP contribution is 2.27. The Morgan fingerprint density at radius 1 is 1.09 bits per heavy atom. The lowest BCUT2D eigenvalue weighted by molar-refractivity contribution is -0.126. The molecule has 2 aromatic carbocycles. The van der Waals surface area contributed by atoms with Crippen LogP contribution < -0.4 is 20.3 Å². The Hall–Kier alpha value is -3.35. The van der Waals surface area contributed by atoms with Crippen molar-refractivity contribution in [2.24, 2.45) is 5.92 Å². The molecule has 0 aliphatic carbocycles. The zero-order chi connectivity index (χ0) is 23.3. The fourth-order valence-corrected chi connectivity index (χ4v) is 3.95. The van der Waals surface area contributed by atoms with Crippen LogP contribution in [0.2, 0.25) is 0 Å². The number of nitrogens with one attached hydrogen (secondary N) is 2. The number of rotatable bonds is 8. The van der Waals surface area contributed by atoms with Gasteiger partial charge < -0.3 is 20.3 Å². The second-order valence-corrected chi connectivity index (χ2v) is 8.30. The van der Waals surface area contributed by atoms with Crippen molar-refractivity contribution in [1.82, 2.24) is 5.32 Å². The lowest BCUT2D eigenvalue weighted by Gasteiger charge is -2.17. The lowest BCUT2D eigenvalue weighted by Crippen LogP contribution is -2.33. The van der Waals surface area contributed by atoms with Gasteiger partial charge in [0.1, 0.15) is 5.75 Å². The largest absolute Gasteiger partial charge is 0.484 e. The van der Waals surface area contributed by atoms with Crippen LogP contribution in [-0.2, 0) is 14.4 Å². The number of amides is 3. The first kappa shape index (κ1) is 23.3. The first-order valence-electron chi connectivity index (χ1n) is 11.0. The maximum Gasteiger partial charge on any atom is 0.262 e. The molecule has 0 bridgehead atoms. The molecule has 3 rings (SSSR count). The Morgan fingerprint density at radius 2 is 1.75 bits per heavy atom. The lowest BCUT2D eigenvalue weighted by atomic mass is 10.1. The van der Waals surface area contributed by atoms with Crippen LogP contribution in [0.1, 0.15) is 36.5 Å². The van der Waals surface area contributed by atoms with Gasteiger partial charge in [0.25, 0.3) is 5.91 Å². The van der Waals surface area contributed by atoms with Crippen molar-refractivity contribution in [2.45, 2.75) is 40.5 Å². The molecule has 1 heterocycles. The van der Waals surface area contributed by atoms with Crippen LogP contribution in [0, 0.1) is 26.7 Å². The average Bonchev–Trinajstić information content (AvgIpc) is 3.15. The van der Waals surface area contributed by atoms with Gasteiger partial charge in [0.05, 0.1) is 5.92 Å². The summed E-state index contributed by atoms with van der Waals surface area (Å²) in [5.74, 6) is -0.182. The van der Waals surface area contributed by atoms with Crippen LogP contribution in [0.3, 0.4) is 0 Å². The van der Waals surface area contributed by atoms with Crippen LogP contribution in [0.15, 0.2) is 36.4 Å². The molecule has 2 aromatic rings. The van der Waals surface area contributed by atoms with Gasteiger partial charge in [-0.05, 0) is 62.6 Å². The van der Waals surface area contributed by atoms with E-state index in [0.717, 1.165) is 28.8 Å². The van der Waals surface area contributed by atoms with Gasteiger partial charge >= 0.3 is 0 Å². The molecule has 0 aromatic heterocycles. The molecule has 1 aliphatic heterocycles. The molecule has 0 saturated carbocycles. The third-order valence-corrected chi connectivity index (χ3v) is 5.50. The van der Waals surface area contributed by atoms with Crippen LogP contribution in [-0.4, -0.2) is 37.4 Å². The van der Waals surface area contributed by atoms with Crippen molar-refractivity contribution in [1.29, 1.82) is 0 Å². The van der Waals surface area contributed by atoms with Crippen LogP contribution in [0.4, 0.5) is 11.4 Å². The van der Waals surface area contributed by atoms with Crippen LogP contribution in [0.25, 0.3) is 0 Å². The van der Waals surface area contributed by atoms with Crippen molar-refractivity contribution in [3.63, 3.8) is 0 Å². The van der Waals surface area contributed by atoms with E-state index in [0.29, 0.717) is 24.5 Å². The zero-order valence-corrected chi connectivity index (χ0v) is 19.2. The number of anilines is 2. The van der Waals surface area contributed by atoms with Crippen molar-refractivity contribution in [2.75, 3.05) is 29.9 Å². The van der Waals surface area contributed by atoms with Crippen molar-refractivity contribution in [3.05, 3.63) is 53.1 Å². The Bertz CT molecular complexity index is 978. The molecular formula is C25H31N3O4. The predicted molar refractivity (Wildman–Crippen MR) is 125 cm³/mol. The molecule has 7 heteroatoms. The molecule has 0 spiro atoms. The Balaban J connectivity index is 1.54. The van der Waals surface area contributed by atoms with E-state index in [-0.39, 0.29) is 36.7 Å². The maximum absolute atomic E-state index is 12.4. The first-order chi connectivity index (χ1) is 15.3. The van der Waals surface area contributed by atoms with E-state index in [1.54, 1.807) is 29.2 Å². The van der Waals surface area contributed by atoms with E-state index in [2.05, 4.69) is 10.6 Å². The summed E-state index contributed by atoms with van der Waals surface area (Å²) < 4.78 is 5.61. The van der Waals surface area contributed by atoms with Gasteiger partial charge in [0, 0.05) is 30.9 Å². The number of hydrogen-bond acceptors (Lipinski definition) is 4. The van der Waals surface area contributed by atoms with Gasteiger partial charge in [-0.3, -0.25) is 14.4 Å². The highest BCUT2D eigenvalue weighted by atomic mass is 16.5. The molecule has 1 fully saturated rings. The minimum atomic E-state index is -0.331. The topological polar surface area (TPSA) is 87.7 Å². The second-order valence-electron chi connectivity index (χ2n) is 8.30. The highest BCUT2D eigenvalue weighted by Gasteiger charge is 2.34. The number of nitrogens with zero attached hydrogens (tertiary/aromatic N) is 1. The molecular weight excluding hydrogens is 406 g/mol. The second kappa shape index (κ2) is 10.3. The third kappa shape index (κ3) is 5.66. The Labute approximate surface area is 189 Å². The summed E-state index contributed by atoms with van der Waals surface area (Å²) in [5, 5.41) is 5.77. The summed E-state index contributed by atoms with van der Waals surface area (Å²) in [5.41, 5.74) is 4.70. The zero-order valence-electron chi connectivity index (χ0n) is 19.2. The van der Waals surface area contributed by atoms with E-state index >= 15 is 0 Å². The number of benzene rings is 2. The van der Waals surface area contributed by atoms with Crippen molar-refractivity contribution >= 4 is 29.1 Å². The minimum Gasteiger partial charge on any atom is -0.484 e. The Kier molecular flexibility index (Phi) is 7.51. The number of ether oxygens (including phenoxy) is 1. The molecule has 1 atom stereocenters. The monoisotopic (exact) mass is 437 g/mol.